The van der Waals surface area contributed by atoms with Crippen LogP contribution in [0.15, 0.2) is 9.64 Å². The molecular formula is C10H14BrNOS. The molecule has 0 atom stereocenters. The van der Waals surface area contributed by atoms with Crippen LogP contribution in [0, 0.1) is 19.3 Å². The first-order valence-corrected chi connectivity index (χ1v) is 6.89. The molecule has 0 aliphatic heterocycles. The number of alkyl halides is 1. The van der Waals surface area contributed by atoms with E-state index in [9.17, 15) is 0 Å². The van der Waals surface area contributed by atoms with Gasteiger partial charge in [0.2, 0.25) is 0 Å². The SMILES string of the molecule is Cc1nc(SCC2(CBr)CC2)oc1C. The summed E-state index contributed by atoms with van der Waals surface area (Å²) in [6.07, 6.45) is 2.67. The molecular weight excluding hydrogens is 262 g/mol. The Labute approximate surface area is 97.0 Å². The van der Waals surface area contributed by atoms with Crippen molar-refractivity contribution in [2.75, 3.05) is 11.1 Å². The molecule has 1 aliphatic carbocycles. The van der Waals surface area contributed by atoms with Crippen molar-refractivity contribution < 1.29 is 4.42 Å². The van der Waals surface area contributed by atoms with Crippen LogP contribution in [0.25, 0.3) is 0 Å². The van der Waals surface area contributed by atoms with Gasteiger partial charge in [-0.15, -0.1) is 0 Å². The predicted molar refractivity (Wildman–Crippen MR) is 62.2 cm³/mol. The van der Waals surface area contributed by atoms with E-state index in [4.69, 9.17) is 4.42 Å². The lowest BCUT2D eigenvalue weighted by Gasteiger charge is -2.07. The van der Waals surface area contributed by atoms with Crippen LogP contribution in [-0.4, -0.2) is 16.1 Å². The van der Waals surface area contributed by atoms with Gasteiger partial charge < -0.3 is 4.42 Å². The molecule has 1 saturated carbocycles. The topological polar surface area (TPSA) is 26.0 Å². The lowest BCUT2D eigenvalue weighted by molar-refractivity contribution is 0.430. The van der Waals surface area contributed by atoms with Crippen LogP contribution in [0.1, 0.15) is 24.3 Å². The number of thioether (sulfide) groups is 1. The van der Waals surface area contributed by atoms with Crippen LogP contribution < -0.4 is 0 Å². The molecule has 1 fully saturated rings. The van der Waals surface area contributed by atoms with E-state index in [1.807, 2.05) is 13.8 Å². The standard InChI is InChI=1S/C10H14BrNOS/c1-7-8(2)13-9(12-7)14-6-10(5-11)3-4-10/h3-6H2,1-2H3. The second-order valence-electron chi connectivity index (χ2n) is 4.04. The van der Waals surface area contributed by atoms with E-state index < -0.39 is 0 Å². The quantitative estimate of drug-likeness (QED) is 0.621. The zero-order valence-electron chi connectivity index (χ0n) is 8.47. The van der Waals surface area contributed by atoms with Gasteiger partial charge in [-0.05, 0) is 32.1 Å². The van der Waals surface area contributed by atoms with Gasteiger partial charge >= 0.3 is 0 Å². The van der Waals surface area contributed by atoms with Gasteiger partial charge in [-0.2, -0.15) is 0 Å². The zero-order chi connectivity index (χ0) is 10.2. The summed E-state index contributed by atoms with van der Waals surface area (Å²) in [6.45, 7) is 3.95. The number of hydrogen-bond donors (Lipinski definition) is 0. The Morgan fingerprint density at radius 1 is 1.50 bits per heavy atom. The summed E-state index contributed by atoms with van der Waals surface area (Å²) >= 11 is 5.30. The Balaban J connectivity index is 1.92. The van der Waals surface area contributed by atoms with E-state index >= 15 is 0 Å². The first kappa shape index (κ1) is 10.6. The van der Waals surface area contributed by atoms with Gasteiger partial charge in [-0.25, -0.2) is 4.98 Å². The molecule has 1 aromatic heterocycles. The second-order valence-corrected chi connectivity index (χ2v) is 5.53. The molecule has 0 aromatic carbocycles. The predicted octanol–water partition coefficient (Wildman–Crippen LogP) is 3.56. The monoisotopic (exact) mass is 275 g/mol. The maximum atomic E-state index is 5.52. The van der Waals surface area contributed by atoms with Crippen LogP contribution in [0.2, 0.25) is 0 Å². The third kappa shape index (κ3) is 2.16. The fourth-order valence-electron chi connectivity index (χ4n) is 1.21. The van der Waals surface area contributed by atoms with E-state index in [0.29, 0.717) is 5.41 Å². The van der Waals surface area contributed by atoms with Crippen molar-refractivity contribution >= 4 is 27.7 Å². The number of aromatic nitrogens is 1. The molecule has 2 nitrogen and oxygen atoms in total. The Morgan fingerprint density at radius 2 is 2.21 bits per heavy atom. The molecule has 1 aromatic rings. The van der Waals surface area contributed by atoms with Crippen molar-refractivity contribution in [2.24, 2.45) is 5.41 Å². The van der Waals surface area contributed by atoms with E-state index in [0.717, 1.165) is 27.8 Å². The van der Waals surface area contributed by atoms with Crippen molar-refractivity contribution in [1.29, 1.82) is 0 Å². The van der Waals surface area contributed by atoms with Crippen molar-refractivity contribution in [3.05, 3.63) is 11.5 Å². The average molecular weight is 276 g/mol. The highest BCUT2D eigenvalue weighted by molar-refractivity contribution is 9.09. The Morgan fingerprint density at radius 3 is 2.64 bits per heavy atom. The number of aryl methyl sites for hydroxylation is 2. The third-order valence-electron chi connectivity index (χ3n) is 2.75. The number of oxazole rings is 1. The average Bonchev–Trinajstić information content (AvgIpc) is 2.88. The smallest absolute Gasteiger partial charge is 0.256 e. The van der Waals surface area contributed by atoms with Crippen LogP contribution in [0.5, 0.6) is 0 Å². The lowest BCUT2D eigenvalue weighted by atomic mass is 10.2. The van der Waals surface area contributed by atoms with Crippen LogP contribution >= 0.6 is 27.7 Å². The highest BCUT2D eigenvalue weighted by Gasteiger charge is 2.41. The van der Waals surface area contributed by atoms with E-state index in [-0.39, 0.29) is 0 Å². The third-order valence-corrected chi connectivity index (χ3v) is 5.12. The van der Waals surface area contributed by atoms with Gasteiger partial charge in [0.1, 0.15) is 5.76 Å². The number of hydrogen-bond acceptors (Lipinski definition) is 3. The molecule has 0 spiro atoms. The van der Waals surface area contributed by atoms with Crippen molar-refractivity contribution in [2.45, 2.75) is 31.9 Å². The zero-order valence-corrected chi connectivity index (χ0v) is 10.9. The van der Waals surface area contributed by atoms with Crippen LogP contribution in [-0.2, 0) is 0 Å². The summed E-state index contributed by atoms with van der Waals surface area (Å²) < 4.78 is 5.52. The molecule has 0 unspecified atom stereocenters. The molecule has 1 heterocycles. The molecule has 0 bridgehead atoms. The highest BCUT2D eigenvalue weighted by Crippen LogP contribution is 2.50. The number of rotatable bonds is 4. The molecule has 2 rings (SSSR count). The summed E-state index contributed by atoms with van der Waals surface area (Å²) in [5.41, 5.74) is 1.54. The van der Waals surface area contributed by atoms with Gasteiger partial charge in [-0.3, -0.25) is 0 Å². The minimum Gasteiger partial charge on any atom is -0.437 e. The minimum atomic E-state index is 0.529. The second kappa shape index (κ2) is 3.89. The highest BCUT2D eigenvalue weighted by atomic mass is 79.9. The minimum absolute atomic E-state index is 0.529. The first-order valence-electron chi connectivity index (χ1n) is 4.78. The Bertz CT molecular complexity index is 313. The van der Waals surface area contributed by atoms with Gasteiger partial charge in [-0.1, -0.05) is 27.7 Å². The summed E-state index contributed by atoms with van der Waals surface area (Å²) in [5.74, 6) is 2.06. The maximum absolute atomic E-state index is 5.52. The number of halogens is 1. The molecule has 0 amide bonds. The summed E-state index contributed by atoms with van der Waals surface area (Å²) in [4.78, 5) is 4.36. The van der Waals surface area contributed by atoms with Gasteiger partial charge in [0.15, 0.2) is 0 Å². The van der Waals surface area contributed by atoms with Crippen LogP contribution in [0.4, 0.5) is 0 Å². The molecule has 1 aliphatic rings. The van der Waals surface area contributed by atoms with Crippen molar-refractivity contribution in [3.8, 4) is 0 Å². The Kier molecular flexibility index (Phi) is 2.93. The number of nitrogens with zero attached hydrogens (tertiary/aromatic N) is 1. The first-order chi connectivity index (χ1) is 6.65. The summed E-state index contributed by atoms with van der Waals surface area (Å²) in [7, 11) is 0. The van der Waals surface area contributed by atoms with Gasteiger partial charge in [0.05, 0.1) is 5.69 Å². The molecule has 0 saturated heterocycles. The fourth-order valence-corrected chi connectivity index (χ4v) is 3.44. The van der Waals surface area contributed by atoms with Crippen molar-refractivity contribution in [1.82, 2.24) is 4.98 Å². The van der Waals surface area contributed by atoms with E-state index in [1.165, 1.54) is 12.8 Å². The summed E-state index contributed by atoms with van der Waals surface area (Å²) in [5, 5.41) is 1.93. The Hall–Kier alpha value is 0.0400. The van der Waals surface area contributed by atoms with Gasteiger partial charge in [0.25, 0.3) is 5.22 Å². The van der Waals surface area contributed by atoms with Crippen molar-refractivity contribution in [3.63, 3.8) is 0 Å². The summed E-state index contributed by atoms with van der Waals surface area (Å²) in [6, 6.07) is 0. The molecule has 4 heteroatoms. The molecule has 78 valence electrons. The molecule has 14 heavy (non-hydrogen) atoms. The van der Waals surface area contributed by atoms with E-state index in [1.54, 1.807) is 11.8 Å². The maximum Gasteiger partial charge on any atom is 0.256 e. The van der Waals surface area contributed by atoms with Crippen LogP contribution in [0.3, 0.4) is 0 Å². The normalized spacial score (nSPS) is 18.5. The lowest BCUT2D eigenvalue weighted by Crippen LogP contribution is -2.04. The van der Waals surface area contributed by atoms with E-state index in [2.05, 4.69) is 20.9 Å². The molecule has 0 N–H and O–H groups in total. The van der Waals surface area contributed by atoms with Gasteiger partial charge in [0, 0.05) is 11.1 Å². The largest absolute Gasteiger partial charge is 0.437 e. The molecule has 0 radical (unpaired) electrons. The fraction of sp³-hybridized carbons (Fsp3) is 0.700.